The van der Waals surface area contributed by atoms with Crippen LogP contribution >= 0.6 is 15.9 Å². The number of benzene rings is 3. The monoisotopic (exact) mass is 466 g/mol. The van der Waals surface area contributed by atoms with E-state index in [9.17, 15) is 14.4 Å². The molecule has 0 atom stereocenters. The SMILES string of the molecule is COc1cccc(C(=O)NCC(=O)Nc2ccc(Br)cc2C(=O)c2ccccc2)c1. The highest BCUT2D eigenvalue weighted by atomic mass is 79.9. The lowest BCUT2D eigenvalue weighted by molar-refractivity contribution is -0.115. The van der Waals surface area contributed by atoms with Crippen LogP contribution in [0.3, 0.4) is 0 Å². The van der Waals surface area contributed by atoms with Crippen LogP contribution in [0.5, 0.6) is 5.75 Å². The van der Waals surface area contributed by atoms with Gasteiger partial charge in [0.05, 0.1) is 19.3 Å². The van der Waals surface area contributed by atoms with E-state index in [0.717, 1.165) is 0 Å². The van der Waals surface area contributed by atoms with Gasteiger partial charge in [0.15, 0.2) is 5.78 Å². The molecule has 0 aliphatic rings. The molecule has 6 nitrogen and oxygen atoms in total. The molecule has 0 spiro atoms. The Morgan fingerprint density at radius 3 is 2.37 bits per heavy atom. The standard InChI is InChI=1S/C23H19BrN2O4/c1-30-18-9-5-8-16(12-18)23(29)25-14-21(27)26-20-11-10-17(24)13-19(20)22(28)15-6-3-2-4-7-15/h2-13H,14H2,1H3,(H,25,29)(H,26,27). The van der Waals surface area contributed by atoms with Crippen LogP contribution in [-0.4, -0.2) is 31.3 Å². The topological polar surface area (TPSA) is 84.5 Å². The first-order chi connectivity index (χ1) is 14.5. The van der Waals surface area contributed by atoms with Crippen LogP contribution in [-0.2, 0) is 4.79 Å². The van der Waals surface area contributed by atoms with Gasteiger partial charge in [-0.1, -0.05) is 52.3 Å². The van der Waals surface area contributed by atoms with E-state index in [0.29, 0.717) is 32.6 Å². The number of hydrogen-bond acceptors (Lipinski definition) is 4. The summed E-state index contributed by atoms with van der Waals surface area (Å²) in [4.78, 5) is 37.5. The van der Waals surface area contributed by atoms with Crippen molar-refractivity contribution >= 4 is 39.2 Å². The zero-order chi connectivity index (χ0) is 21.5. The highest BCUT2D eigenvalue weighted by Crippen LogP contribution is 2.24. The van der Waals surface area contributed by atoms with Gasteiger partial charge in [-0.05, 0) is 36.4 Å². The number of carbonyl (C=O) groups excluding carboxylic acids is 3. The third kappa shape index (κ3) is 5.33. The molecule has 0 fully saturated rings. The first-order valence-electron chi connectivity index (χ1n) is 9.09. The first-order valence-corrected chi connectivity index (χ1v) is 9.88. The van der Waals surface area contributed by atoms with Crippen LogP contribution in [0.1, 0.15) is 26.3 Å². The summed E-state index contributed by atoms with van der Waals surface area (Å²) in [6.45, 7) is -0.245. The Hall–Kier alpha value is -3.45. The number of carbonyl (C=O) groups is 3. The summed E-state index contributed by atoms with van der Waals surface area (Å²) < 4.78 is 5.81. The van der Waals surface area contributed by atoms with Crippen LogP contribution in [0.25, 0.3) is 0 Å². The van der Waals surface area contributed by atoms with Crippen molar-refractivity contribution in [2.75, 3.05) is 19.0 Å². The Morgan fingerprint density at radius 2 is 1.63 bits per heavy atom. The Kier molecular flexibility index (Phi) is 6.98. The number of halogens is 1. The van der Waals surface area contributed by atoms with E-state index >= 15 is 0 Å². The van der Waals surface area contributed by atoms with E-state index < -0.39 is 11.8 Å². The minimum atomic E-state index is -0.448. The average molecular weight is 467 g/mol. The average Bonchev–Trinajstić information content (AvgIpc) is 2.78. The Balaban J connectivity index is 1.69. The van der Waals surface area contributed by atoms with Crippen molar-refractivity contribution in [3.8, 4) is 5.75 Å². The third-order valence-electron chi connectivity index (χ3n) is 4.28. The highest BCUT2D eigenvalue weighted by Gasteiger charge is 2.16. The maximum atomic E-state index is 12.9. The smallest absolute Gasteiger partial charge is 0.251 e. The number of ketones is 1. The molecule has 0 aliphatic heterocycles. The Labute approximate surface area is 182 Å². The molecule has 2 N–H and O–H groups in total. The van der Waals surface area contributed by atoms with E-state index in [1.807, 2.05) is 6.07 Å². The summed E-state index contributed by atoms with van der Waals surface area (Å²) in [6.07, 6.45) is 0. The van der Waals surface area contributed by atoms with Crippen molar-refractivity contribution in [2.45, 2.75) is 0 Å². The van der Waals surface area contributed by atoms with Gasteiger partial charge in [-0.15, -0.1) is 0 Å². The fraction of sp³-hybridized carbons (Fsp3) is 0.0870. The second kappa shape index (κ2) is 9.84. The molecule has 0 unspecified atom stereocenters. The normalized spacial score (nSPS) is 10.2. The quantitative estimate of drug-likeness (QED) is 0.514. The number of methoxy groups -OCH3 is 1. The predicted octanol–water partition coefficient (Wildman–Crippen LogP) is 4.06. The Morgan fingerprint density at radius 1 is 0.900 bits per heavy atom. The molecule has 0 radical (unpaired) electrons. The zero-order valence-electron chi connectivity index (χ0n) is 16.1. The largest absolute Gasteiger partial charge is 0.497 e. The molecule has 3 aromatic carbocycles. The molecule has 0 heterocycles. The highest BCUT2D eigenvalue weighted by molar-refractivity contribution is 9.10. The maximum absolute atomic E-state index is 12.9. The van der Waals surface area contributed by atoms with Crippen LogP contribution in [0.4, 0.5) is 5.69 Å². The van der Waals surface area contributed by atoms with Gasteiger partial charge >= 0.3 is 0 Å². The van der Waals surface area contributed by atoms with Crippen molar-refractivity contribution in [2.24, 2.45) is 0 Å². The molecule has 3 rings (SSSR count). The molecule has 0 bridgehead atoms. The van der Waals surface area contributed by atoms with Crippen molar-refractivity contribution in [1.82, 2.24) is 5.32 Å². The van der Waals surface area contributed by atoms with E-state index in [1.54, 1.807) is 66.7 Å². The molecule has 0 saturated heterocycles. The van der Waals surface area contributed by atoms with E-state index in [1.165, 1.54) is 7.11 Å². The van der Waals surface area contributed by atoms with Crippen molar-refractivity contribution in [3.05, 3.63) is 94.0 Å². The summed E-state index contributed by atoms with van der Waals surface area (Å²) >= 11 is 3.36. The lowest BCUT2D eigenvalue weighted by Gasteiger charge is -2.12. The van der Waals surface area contributed by atoms with Gasteiger partial charge in [0.25, 0.3) is 5.91 Å². The molecule has 3 aromatic rings. The van der Waals surface area contributed by atoms with E-state index in [-0.39, 0.29) is 12.3 Å². The molecular formula is C23H19BrN2O4. The van der Waals surface area contributed by atoms with Gasteiger partial charge in [-0.3, -0.25) is 14.4 Å². The number of amides is 2. The van der Waals surface area contributed by atoms with Crippen molar-refractivity contribution in [1.29, 1.82) is 0 Å². The lowest BCUT2D eigenvalue weighted by atomic mass is 10.0. The Bertz CT molecular complexity index is 1080. The second-order valence-electron chi connectivity index (χ2n) is 6.35. The van der Waals surface area contributed by atoms with E-state index in [4.69, 9.17) is 4.74 Å². The van der Waals surface area contributed by atoms with Gasteiger partial charge in [-0.2, -0.15) is 0 Å². The number of hydrogen-bond donors (Lipinski definition) is 2. The summed E-state index contributed by atoms with van der Waals surface area (Å²) in [5.74, 6) is -0.519. The lowest BCUT2D eigenvalue weighted by Crippen LogP contribution is -2.33. The molecule has 7 heteroatoms. The molecule has 0 aromatic heterocycles. The molecule has 2 amide bonds. The van der Waals surface area contributed by atoms with Crippen molar-refractivity contribution in [3.63, 3.8) is 0 Å². The molecule has 0 aliphatic carbocycles. The van der Waals surface area contributed by atoms with Crippen LogP contribution in [0.2, 0.25) is 0 Å². The second-order valence-corrected chi connectivity index (χ2v) is 7.26. The van der Waals surface area contributed by atoms with Crippen LogP contribution in [0, 0.1) is 0 Å². The zero-order valence-corrected chi connectivity index (χ0v) is 17.7. The van der Waals surface area contributed by atoms with E-state index in [2.05, 4.69) is 26.6 Å². The first kappa shape index (κ1) is 21.3. The minimum absolute atomic E-state index is 0.215. The number of ether oxygens (including phenoxy) is 1. The molecular weight excluding hydrogens is 448 g/mol. The molecule has 30 heavy (non-hydrogen) atoms. The van der Waals surface area contributed by atoms with Gasteiger partial charge in [0, 0.05) is 21.2 Å². The van der Waals surface area contributed by atoms with Gasteiger partial charge in [0.2, 0.25) is 5.91 Å². The molecule has 0 saturated carbocycles. The summed E-state index contributed by atoms with van der Waals surface area (Å²) in [5, 5.41) is 5.26. The van der Waals surface area contributed by atoms with Crippen LogP contribution < -0.4 is 15.4 Å². The maximum Gasteiger partial charge on any atom is 0.251 e. The third-order valence-corrected chi connectivity index (χ3v) is 4.77. The fourth-order valence-electron chi connectivity index (χ4n) is 2.78. The van der Waals surface area contributed by atoms with Crippen molar-refractivity contribution < 1.29 is 19.1 Å². The fourth-order valence-corrected chi connectivity index (χ4v) is 3.14. The van der Waals surface area contributed by atoms with Crippen LogP contribution in [0.15, 0.2) is 77.3 Å². The summed E-state index contributed by atoms with van der Waals surface area (Å²) in [5.41, 5.74) is 1.61. The van der Waals surface area contributed by atoms with Gasteiger partial charge in [0.1, 0.15) is 5.75 Å². The van der Waals surface area contributed by atoms with Gasteiger partial charge in [-0.25, -0.2) is 0 Å². The summed E-state index contributed by atoms with van der Waals surface area (Å²) in [7, 11) is 1.51. The number of anilines is 1. The summed E-state index contributed by atoms with van der Waals surface area (Å²) in [6, 6.07) is 20.4. The predicted molar refractivity (Wildman–Crippen MR) is 118 cm³/mol. The molecule has 152 valence electrons. The van der Waals surface area contributed by atoms with Gasteiger partial charge < -0.3 is 15.4 Å². The minimum Gasteiger partial charge on any atom is -0.497 e. The number of rotatable bonds is 7. The number of nitrogens with one attached hydrogen (secondary N) is 2.